The predicted molar refractivity (Wildman–Crippen MR) is 62.6 cm³/mol. The van der Waals surface area contributed by atoms with E-state index in [2.05, 4.69) is 10.1 Å². The van der Waals surface area contributed by atoms with E-state index < -0.39 is 0 Å². The summed E-state index contributed by atoms with van der Waals surface area (Å²) < 4.78 is 5.21. The first kappa shape index (κ1) is 11.0. The Kier molecular flexibility index (Phi) is 2.54. The Morgan fingerprint density at radius 3 is 2.47 bits per heavy atom. The van der Waals surface area contributed by atoms with Crippen LogP contribution < -0.4 is 0 Å². The Bertz CT molecular complexity index is 417. The smallest absolute Gasteiger partial charge is 0.138 e. The lowest BCUT2D eigenvalue weighted by atomic mass is 10.0. The van der Waals surface area contributed by atoms with Crippen molar-refractivity contribution in [1.29, 1.82) is 0 Å². The minimum absolute atomic E-state index is 0.438. The first-order valence-corrected chi connectivity index (χ1v) is 6.34. The zero-order valence-electron chi connectivity index (χ0n) is 10.4. The maximum absolute atomic E-state index is 11.5. The van der Waals surface area contributed by atoms with Gasteiger partial charge in [0.1, 0.15) is 11.5 Å². The standard InChI is InChI=1S/C13H18N2O2/c1-8-13(9(2)17-14-8)7-15-10-3-4-11(15)6-12(16)5-10/h10-11H,3-7H2,1-2H3. The van der Waals surface area contributed by atoms with Gasteiger partial charge in [0.25, 0.3) is 0 Å². The fourth-order valence-electron chi connectivity index (χ4n) is 3.23. The second-order valence-electron chi connectivity index (χ2n) is 5.31. The molecule has 0 N–H and O–H groups in total. The Morgan fingerprint density at radius 1 is 1.29 bits per heavy atom. The molecule has 0 radical (unpaired) electrons. The number of Topliss-reactive ketones (excluding diaryl/α,β-unsaturated/α-hetero) is 1. The molecule has 3 heterocycles. The van der Waals surface area contributed by atoms with Gasteiger partial charge in [0.15, 0.2) is 0 Å². The van der Waals surface area contributed by atoms with E-state index in [0.29, 0.717) is 17.9 Å². The molecule has 1 aromatic rings. The van der Waals surface area contributed by atoms with E-state index in [1.807, 2.05) is 13.8 Å². The zero-order chi connectivity index (χ0) is 12.0. The fourth-order valence-corrected chi connectivity index (χ4v) is 3.23. The number of fused-ring (bicyclic) bond motifs is 2. The minimum Gasteiger partial charge on any atom is -0.361 e. The van der Waals surface area contributed by atoms with Gasteiger partial charge < -0.3 is 4.52 Å². The fraction of sp³-hybridized carbons (Fsp3) is 0.692. The molecule has 0 spiro atoms. The third-order valence-electron chi connectivity index (χ3n) is 4.22. The molecular formula is C13H18N2O2. The highest BCUT2D eigenvalue weighted by atomic mass is 16.5. The number of carbonyl (C=O) groups is 1. The molecule has 4 nitrogen and oxygen atoms in total. The monoisotopic (exact) mass is 234 g/mol. The topological polar surface area (TPSA) is 46.3 Å². The number of aryl methyl sites for hydroxylation is 2. The molecule has 3 rings (SSSR count). The average molecular weight is 234 g/mol. The summed E-state index contributed by atoms with van der Waals surface area (Å²) in [5.41, 5.74) is 2.19. The summed E-state index contributed by atoms with van der Waals surface area (Å²) in [4.78, 5) is 14.0. The quantitative estimate of drug-likeness (QED) is 0.785. The highest BCUT2D eigenvalue weighted by Gasteiger charge is 2.40. The van der Waals surface area contributed by atoms with Crippen molar-refractivity contribution < 1.29 is 9.32 Å². The second kappa shape index (κ2) is 3.95. The third kappa shape index (κ3) is 1.80. The number of carbonyl (C=O) groups excluding carboxylic acids is 1. The lowest BCUT2D eigenvalue weighted by molar-refractivity contribution is -0.123. The zero-order valence-corrected chi connectivity index (χ0v) is 10.4. The molecule has 0 aromatic carbocycles. The number of hydrogen-bond acceptors (Lipinski definition) is 4. The first-order valence-electron chi connectivity index (χ1n) is 6.34. The van der Waals surface area contributed by atoms with Crippen LogP contribution in [0.25, 0.3) is 0 Å². The van der Waals surface area contributed by atoms with Crippen molar-refractivity contribution in [2.24, 2.45) is 0 Å². The van der Waals surface area contributed by atoms with Crippen LogP contribution in [0, 0.1) is 13.8 Å². The van der Waals surface area contributed by atoms with Crippen molar-refractivity contribution in [3.8, 4) is 0 Å². The average Bonchev–Trinajstić information content (AvgIpc) is 2.71. The van der Waals surface area contributed by atoms with Crippen LogP contribution in [0.2, 0.25) is 0 Å². The van der Waals surface area contributed by atoms with E-state index in [9.17, 15) is 4.79 Å². The van der Waals surface area contributed by atoms with Crippen molar-refractivity contribution in [1.82, 2.24) is 10.1 Å². The van der Waals surface area contributed by atoms with Gasteiger partial charge >= 0.3 is 0 Å². The summed E-state index contributed by atoms with van der Waals surface area (Å²) in [6, 6.07) is 0.907. The molecule has 2 aliphatic rings. The van der Waals surface area contributed by atoms with Gasteiger partial charge in [-0.1, -0.05) is 5.16 Å². The Balaban J connectivity index is 1.81. The molecule has 2 saturated heterocycles. The minimum atomic E-state index is 0.438. The normalized spacial score (nSPS) is 28.9. The summed E-state index contributed by atoms with van der Waals surface area (Å²) in [6.45, 7) is 4.85. The summed E-state index contributed by atoms with van der Waals surface area (Å²) >= 11 is 0. The number of aromatic nitrogens is 1. The van der Waals surface area contributed by atoms with Crippen LogP contribution in [0.15, 0.2) is 4.52 Å². The molecule has 0 amide bonds. The van der Waals surface area contributed by atoms with Gasteiger partial charge in [-0.05, 0) is 26.7 Å². The highest BCUT2D eigenvalue weighted by molar-refractivity contribution is 5.80. The van der Waals surface area contributed by atoms with Crippen molar-refractivity contribution in [3.63, 3.8) is 0 Å². The van der Waals surface area contributed by atoms with Gasteiger partial charge in [0, 0.05) is 37.0 Å². The summed E-state index contributed by atoms with van der Waals surface area (Å²) in [6.07, 6.45) is 3.80. The Hall–Kier alpha value is -1.16. The van der Waals surface area contributed by atoms with Gasteiger partial charge in [-0.3, -0.25) is 9.69 Å². The first-order chi connectivity index (χ1) is 8.15. The largest absolute Gasteiger partial charge is 0.361 e. The number of rotatable bonds is 2. The summed E-state index contributed by atoms with van der Waals surface area (Å²) in [5.74, 6) is 1.35. The number of nitrogens with zero attached hydrogens (tertiary/aromatic N) is 2. The van der Waals surface area contributed by atoms with E-state index in [-0.39, 0.29) is 0 Å². The molecule has 2 bridgehead atoms. The van der Waals surface area contributed by atoms with E-state index in [1.54, 1.807) is 0 Å². The summed E-state index contributed by atoms with van der Waals surface area (Å²) in [7, 11) is 0. The van der Waals surface area contributed by atoms with Crippen LogP contribution in [0.1, 0.15) is 42.7 Å². The Morgan fingerprint density at radius 2 is 1.94 bits per heavy atom. The molecule has 4 heteroatoms. The third-order valence-corrected chi connectivity index (χ3v) is 4.22. The van der Waals surface area contributed by atoms with E-state index in [4.69, 9.17) is 4.52 Å². The van der Waals surface area contributed by atoms with Gasteiger partial charge in [0.05, 0.1) is 5.69 Å². The lowest BCUT2D eigenvalue weighted by Gasteiger charge is -2.33. The van der Waals surface area contributed by atoms with Crippen LogP contribution in [-0.2, 0) is 11.3 Å². The SMILES string of the molecule is Cc1noc(C)c1CN1C2CCC1CC(=O)C2. The van der Waals surface area contributed by atoms with Crippen molar-refractivity contribution in [3.05, 3.63) is 17.0 Å². The molecular weight excluding hydrogens is 216 g/mol. The molecule has 2 unspecified atom stereocenters. The van der Waals surface area contributed by atoms with Crippen LogP contribution in [0.4, 0.5) is 0 Å². The van der Waals surface area contributed by atoms with E-state index >= 15 is 0 Å². The maximum atomic E-state index is 11.5. The van der Waals surface area contributed by atoms with E-state index in [1.165, 1.54) is 18.4 Å². The van der Waals surface area contributed by atoms with E-state index in [0.717, 1.165) is 30.8 Å². The van der Waals surface area contributed by atoms with Crippen LogP contribution in [0.3, 0.4) is 0 Å². The molecule has 2 aliphatic heterocycles. The molecule has 92 valence electrons. The van der Waals surface area contributed by atoms with Crippen molar-refractivity contribution >= 4 is 5.78 Å². The van der Waals surface area contributed by atoms with Crippen molar-refractivity contribution in [2.75, 3.05) is 0 Å². The van der Waals surface area contributed by atoms with Crippen LogP contribution in [0.5, 0.6) is 0 Å². The molecule has 0 aliphatic carbocycles. The summed E-state index contributed by atoms with van der Waals surface area (Å²) in [5, 5.41) is 4.00. The second-order valence-corrected chi connectivity index (χ2v) is 5.31. The molecule has 17 heavy (non-hydrogen) atoms. The van der Waals surface area contributed by atoms with Gasteiger partial charge in [-0.2, -0.15) is 0 Å². The molecule has 1 aromatic heterocycles. The maximum Gasteiger partial charge on any atom is 0.138 e. The molecule has 0 saturated carbocycles. The number of hydrogen-bond donors (Lipinski definition) is 0. The predicted octanol–water partition coefficient (Wildman–Crippen LogP) is 1.99. The van der Waals surface area contributed by atoms with Gasteiger partial charge in [0.2, 0.25) is 0 Å². The van der Waals surface area contributed by atoms with Gasteiger partial charge in [-0.25, -0.2) is 0 Å². The van der Waals surface area contributed by atoms with Crippen LogP contribution in [-0.4, -0.2) is 27.9 Å². The molecule has 2 fully saturated rings. The number of piperidine rings is 1. The Labute approximate surface area is 101 Å². The van der Waals surface area contributed by atoms with Crippen LogP contribution >= 0.6 is 0 Å². The molecule has 2 atom stereocenters. The van der Waals surface area contributed by atoms with Gasteiger partial charge in [-0.15, -0.1) is 0 Å². The lowest BCUT2D eigenvalue weighted by Crippen LogP contribution is -2.42. The number of ketones is 1. The highest BCUT2D eigenvalue weighted by Crippen LogP contribution is 2.35. The van der Waals surface area contributed by atoms with Crippen molar-refractivity contribution in [2.45, 2.75) is 58.2 Å².